The molecule has 1 N–H and O–H groups in total. The van der Waals surface area contributed by atoms with Crippen molar-refractivity contribution in [1.82, 2.24) is 0 Å². The van der Waals surface area contributed by atoms with E-state index in [1.54, 1.807) is 19.1 Å². The van der Waals surface area contributed by atoms with Gasteiger partial charge in [0.05, 0.1) is 6.26 Å². The Kier molecular flexibility index (Phi) is 2.79. The molecule has 0 aliphatic rings. The summed E-state index contributed by atoms with van der Waals surface area (Å²) >= 11 is 0. The third-order valence-electron chi connectivity index (χ3n) is 1.61. The average molecular weight is 178 g/mol. The Morgan fingerprint density at radius 1 is 1.54 bits per heavy atom. The highest BCUT2D eigenvalue weighted by atomic mass is 16.4. The van der Waals surface area contributed by atoms with E-state index in [0.29, 0.717) is 5.76 Å². The van der Waals surface area contributed by atoms with Gasteiger partial charge in [-0.1, -0.05) is 25.7 Å². The van der Waals surface area contributed by atoms with Gasteiger partial charge >= 0.3 is 0 Å². The molecule has 1 atom stereocenters. The first-order valence-electron chi connectivity index (χ1n) is 4.31. The van der Waals surface area contributed by atoms with E-state index >= 15 is 0 Å². The fourth-order valence-electron chi connectivity index (χ4n) is 0.902. The second-order valence-corrected chi connectivity index (χ2v) is 3.47. The van der Waals surface area contributed by atoms with Crippen LogP contribution in [-0.4, -0.2) is 5.11 Å². The number of furan rings is 1. The summed E-state index contributed by atoms with van der Waals surface area (Å²) in [6, 6.07) is 3.45. The summed E-state index contributed by atoms with van der Waals surface area (Å²) < 4.78 is 5.08. The lowest BCUT2D eigenvalue weighted by Gasteiger charge is -2.12. The maximum absolute atomic E-state index is 9.86. The van der Waals surface area contributed by atoms with Crippen LogP contribution in [0, 0.1) is 17.8 Å². The van der Waals surface area contributed by atoms with Crippen molar-refractivity contribution in [3.8, 4) is 11.8 Å². The van der Waals surface area contributed by atoms with Crippen LogP contribution in [0.3, 0.4) is 0 Å². The fourth-order valence-corrected chi connectivity index (χ4v) is 0.902. The van der Waals surface area contributed by atoms with Crippen LogP contribution < -0.4 is 0 Å². The van der Waals surface area contributed by atoms with Crippen molar-refractivity contribution in [3.63, 3.8) is 0 Å². The maximum atomic E-state index is 9.86. The molecule has 1 unspecified atom stereocenters. The van der Waals surface area contributed by atoms with E-state index in [2.05, 4.69) is 11.8 Å². The predicted molar refractivity (Wildman–Crippen MR) is 50.9 cm³/mol. The van der Waals surface area contributed by atoms with Crippen molar-refractivity contribution in [2.24, 2.45) is 5.92 Å². The van der Waals surface area contributed by atoms with Crippen LogP contribution in [0.25, 0.3) is 0 Å². The number of rotatable bonds is 1. The molecule has 70 valence electrons. The topological polar surface area (TPSA) is 33.4 Å². The van der Waals surface area contributed by atoms with Crippen molar-refractivity contribution in [1.29, 1.82) is 0 Å². The molecule has 0 aromatic carbocycles. The summed E-state index contributed by atoms with van der Waals surface area (Å²) in [6.45, 7) is 5.58. The van der Waals surface area contributed by atoms with Crippen molar-refractivity contribution < 1.29 is 9.52 Å². The number of aliphatic hydroxyl groups is 1. The van der Waals surface area contributed by atoms with E-state index < -0.39 is 5.60 Å². The molecular weight excluding hydrogens is 164 g/mol. The minimum atomic E-state index is -1.17. The molecule has 0 saturated heterocycles. The van der Waals surface area contributed by atoms with Crippen LogP contribution in [-0.2, 0) is 5.60 Å². The first-order chi connectivity index (χ1) is 6.02. The third-order valence-corrected chi connectivity index (χ3v) is 1.61. The van der Waals surface area contributed by atoms with Crippen molar-refractivity contribution in [2.75, 3.05) is 0 Å². The van der Waals surface area contributed by atoms with Crippen LogP contribution in [0.5, 0.6) is 0 Å². The van der Waals surface area contributed by atoms with E-state index in [-0.39, 0.29) is 5.92 Å². The van der Waals surface area contributed by atoms with E-state index in [0.717, 1.165) is 0 Å². The molecule has 0 bridgehead atoms. The third kappa shape index (κ3) is 2.64. The van der Waals surface area contributed by atoms with Gasteiger partial charge in [-0.3, -0.25) is 0 Å². The monoisotopic (exact) mass is 178 g/mol. The van der Waals surface area contributed by atoms with Crippen molar-refractivity contribution >= 4 is 0 Å². The zero-order valence-electron chi connectivity index (χ0n) is 8.16. The zero-order valence-corrected chi connectivity index (χ0v) is 8.16. The highest BCUT2D eigenvalue weighted by Gasteiger charge is 2.22. The van der Waals surface area contributed by atoms with Gasteiger partial charge in [0.15, 0.2) is 5.60 Å². The Morgan fingerprint density at radius 3 is 2.69 bits per heavy atom. The van der Waals surface area contributed by atoms with Crippen molar-refractivity contribution in [3.05, 3.63) is 24.2 Å². The molecule has 1 heterocycles. The van der Waals surface area contributed by atoms with Gasteiger partial charge in [0.1, 0.15) is 5.76 Å². The van der Waals surface area contributed by atoms with Crippen molar-refractivity contribution in [2.45, 2.75) is 26.4 Å². The van der Waals surface area contributed by atoms with Gasteiger partial charge in [0, 0.05) is 5.92 Å². The summed E-state index contributed by atoms with van der Waals surface area (Å²) in [5.41, 5.74) is -1.17. The normalized spacial score (nSPS) is 14.8. The summed E-state index contributed by atoms with van der Waals surface area (Å²) in [5.74, 6) is 6.42. The smallest absolute Gasteiger partial charge is 0.180 e. The summed E-state index contributed by atoms with van der Waals surface area (Å²) in [5, 5.41) is 9.86. The van der Waals surface area contributed by atoms with Gasteiger partial charge in [0.25, 0.3) is 0 Å². The van der Waals surface area contributed by atoms with Gasteiger partial charge in [-0.15, -0.1) is 0 Å². The Morgan fingerprint density at radius 2 is 2.23 bits per heavy atom. The molecule has 0 amide bonds. The minimum absolute atomic E-state index is 0.251. The molecule has 0 spiro atoms. The maximum Gasteiger partial charge on any atom is 0.180 e. The van der Waals surface area contributed by atoms with Gasteiger partial charge in [-0.05, 0) is 19.1 Å². The van der Waals surface area contributed by atoms with Crippen LogP contribution in [0.15, 0.2) is 22.8 Å². The molecular formula is C11H14O2. The highest BCUT2D eigenvalue weighted by Crippen LogP contribution is 2.19. The second-order valence-electron chi connectivity index (χ2n) is 3.47. The summed E-state index contributed by atoms with van der Waals surface area (Å²) in [4.78, 5) is 0. The molecule has 1 rings (SSSR count). The SMILES string of the molecule is CC(C)C#CC(C)(O)c1ccco1. The lowest BCUT2D eigenvalue weighted by Crippen LogP contribution is -2.17. The molecule has 0 aliphatic heterocycles. The second kappa shape index (κ2) is 3.68. The van der Waals surface area contributed by atoms with Crippen LogP contribution >= 0.6 is 0 Å². The van der Waals surface area contributed by atoms with Gasteiger partial charge in [-0.2, -0.15) is 0 Å². The van der Waals surface area contributed by atoms with E-state index in [1.165, 1.54) is 6.26 Å². The Bertz CT molecular complexity index is 310. The molecule has 0 saturated carbocycles. The van der Waals surface area contributed by atoms with E-state index in [4.69, 9.17) is 4.42 Å². The Balaban J connectivity index is 2.86. The first-order valence-corrected chi connectivity index (χ1v) is 4.31. The summed E-state index contributed by atoms with van der Waals surface area (Å²) in [6.07, 6.45) is 1.53. The van der Waals surface area contributed by atoms with Gasteiger partial charge in [-0.25, -0.2) is 0 Å². The molecule has 2 heteroatoms. The average Bonchev–Trinajstić information content (AvgIpc) is 2.53. The van der Waals surface area contributed by atoms with E-state index in [1.807, 2.05) is 13.8 Å². The predicted octanol–water partition coefficient (Wildman–Crippen LogP) is 2.15. The molecule has 13 heavy (non-hydrogen) atoms. The highest BCUT2D eigenvalue weighted by molar-refractivity contribution is 5.23. The van der Waals surface area contributed by atoms with Gasteiger partial charge < -0.3 is 9.52 Å². The van der Waals surface area contributed by atoms with Crippen LogP contribution in [0.4, 0.5) is 0 Å². The van der Waals surface area contributed by atoms with Crippen LogP contribution in [0.2, 0.25) is 0 Å². The molecule has 0 aliphatic carbocycles. The molecule has 0 radical (unpaired) electrons. The van der Waals surface area contributed by atoms with E-state index in [9.17, 15) is 5.11 Å². The molecule has 1 aromatic heterocycles. The number of hydrogen-bond acceptors (Lipinski definition) is 2. The lowest BCUT2D eigenvalue weighted by molar-refractivity contribution is 0.0952. The quantitative estimate of drug-likeness (QED) is 0.668. The summed E-state index contributed by atoms with van der Waals surface area (Å²) in [7, 11) is 0. The minimum Gasteiger partial charge on any atom is -0.465 e. The molecule has 0 fully saturated rings. The largest absolute Gasteiger partial charge is 0.465 e. The standard InChI is InChI=1S/C11H14O2/c1-9(2)6-7-11(3,12)10-5-4-8-13-10/h4-5,8-9,12H,1-3H3. The Hall–Kier alpha value is -1.20. The van der Waals surface area contributed by atoms with Crippen LogP contribution in [0.1, 0.15) is 26.5 Å². The lowest BCUT2D eigenvalue weighted by atomic mass is 10.0. The van der Waals surface area contributed by atoms with Gasteiger partial charge in [0.2, 0.25) is 0 Å². The first kappa shape index (κ1) is 9.88. The zero-order chi connectivity index (χ0) is 9.90. The molecule has 1 aromatic rings. The fraction of sp³-hybridized carbons (Fsp3) is 0.455. The molecule has 2 nitrogen and oxygen atoms in total. The Labute approximate surface area is 78.6 Å². The number of hydrogen-bond donors (Lipinski definition) is 1.